The number of hydrogen-bond donors (Lipinski definition) is 2. The Morgan fingerprint density at radius 1 is 1.38 bits per heavy atom. The van der Waals surface area contributed by atoms with E-state index < -0.39 is 17.9 Å². The van der Waals surface area contributed by atoms with Crippen LogP contribution in [0.1, 0.15) is 24.6 Å². The van der Waals surface area contributed by atoms with Gasteiger partial charge in [0.1, 0.15) is 0 Å². The van der Waals surface area contributed by atoms with Gasteiger partial charge in [-0.05, 0) is 12.5 Å². The minimum Gasteiger partial charge on any atom is -0.481 e. The maximum atomic E-state index is 12.4. The summed E-state index contributed by atoms with van der Waals surface area (Å²) in [4.78, 5) is 37.9. The first-order valence-electron chi connectivity index (χ1n) is 7.58. The molecule has 126 valence electrons. The highest BCUT2D eigenvalue weighted by molar-refractivity contribution is 7.07. The zero-order valence-electron chi connectivity index (χ0n) is 12.8. The van der Waals surface area contributed by atoms with Crippen LogP contribution in [0, 0.1) is 5.92 Å². The van der Waals surface area contributed by atoms with E-state index in [1.54, 1.807) is 34.3 Å². The van der Waals surface area contributed by atoms with Crippen LogP contribution in [0.3, 0.4) is 0 Å². The maximum Gasteiger partial charge on any atom is 0.309 e. The third-order valence-corrected chi connectivity index (χ3v) is 4.58. The van der Waals surface area contributed by atoms with Gasteiger partial charge in [0, 0.05) is 37.3 Å². The predicted octanol–water partition coefficient (Wildman–Crippen LogP) is 1.41. The van der Waals surface area contributed by atoms with Crippen LogP contribution in [0.15, 0.2) is 29.4 Å². The number of amides is 1. The van der Waals surface area contributed by atoms with Crippen molar-refractivity contribution in [1.29, 1.82) is 0 Å². The molecule has 2 N–H and O–H groups in total. The van der Waals surface area contributed by atoms with E-state index in [4.69, 9.17) is 0 Å². The van der Waals surface area contributed by atoms with Crippen LogP contribution in [0.25, 0.3) is 0 Å². The molecule has 0 aromatic carbocycles. The van der Waals surface area contributed by atoms with Crippen LogP contribution in [0.2, 0.25) is 0 Å². The van der Waals surface area contributed by atoms with Crippen LogP contribution in [0.5, 0.6) is 0 Å². The Morgan fingerprint density at radius 2 is 2.17 bits per heavy atom. The Balaban J connectivity index is 1.74. The molecule has 8 nitrogen and oxygen atoms in total. The van der Waals surface area contributed by atoms with Gasteiger partial charge in [-0.3, -0.25) is 9.59 Å². The molecular formula is C15H17N5O3S. The number of hydrogen-bond acceptors (Lipinski definition) is 7. The summed E-state index contributed by atoms with van der Waals surface area (Å²) >= 11 is 1.39. The number of nitrogens with zero attached hydrogens (tertiary/aromatic N) is 4. The molecule has 0 bridgehead atoms. The standard InChI is InChI=1S/C15H17N5O3S/c21-12-3-2-10(14(22)23)13(11-8-24-9-19-11)20(12)7-6-18-15-16-4-1-5-17-15/h1,4-5,8-10,13H,2-3,6-7H2,(H,22,23)(H,16,17,18). The Hall–Kier alpha value is -2.55. The zero-order chi connectivity index (χ0) is 16.9. The summed E-state index contributed by atoms with van der Waals surface area (Å²) in [5.74, 6) is -1.12. The van der Waals surface area contributed by atoms with Crippen molar-refractivity contribution in [1.82, 2.24) is 19.9 Å². The molecular weight excluding hydrogens is 330 g/mol. The van der Waals surface area contributed by atoms with Gasteiger partial charge in [-0.25, -0.2) is 15.0 Å². The van der Waals surface area contributed by atoms with E-state index in [2.05, 4.69) is 20.3 Å². The van der Waals surface area contributed by atoms with Gasteiger partial charge >= 0.3 is 5.97 Å². The Bertz CT molecular complexity index is 694. The van der Waals surface area contributed by atoms with Gasteiger partial charge in [0.2, 0.25) is 11.9 Å². The van der Waals surface area contributed by atoms with Gasteiger partial charge < -0.3 is 15.3 Å². The number of carbonyl (C=O) groups is 2. The number of piperidine rings is 1. The molecule has 0 radical (unpaired) electrons. The van der Waals surface area contributed by atoms with Crippen molar-refractivity contribution in [3.63, 3.8) is 0 Å². The highest BCUT2D eigenvalue weighted by Gasteiger charge is 2.41. The smallest absolute Gasteiger partial charge is 0.309 e. The number of anilines is 1. The molecule has 24 heavy (non-hydrogen) atoms. The number of aliphatic carboxylic acids is 1. The predicted molar refractivity (Wildman–Crippen MR) is 87.4 cm³/mol. The van der Waals surface area contributed by atoms with Gasteiger partial charge in [0.15, 0.2) is 0 Å². The van der Waals surface area contributed by atoms with E-state index in [9.17, 15) is 14.7 Å². The minimum absolute atomic E-state index is 0.0544. The summed E-state index contributed by atoms with van der Waals surface area (Å²) < 4.78 is 0. The fourth-order valence-electron chi connectivity index (χ4n) is 2.89. The van der Waals surface area contributed by atoms with Gasteiger partial charge in [-0.15, -0.1) is 11.3 Å². The summed E-state index contributed by atoms with van der Waals surface area (Å²) in [5, 5.41) is 14.4. The van der Waals surface area contributed by atoms with Crippen LogP contribution >= 0.6 is 11.3 Å². The van der Waals surface area contributed by atoms with E-state index in [1.807, 2.05) is 0 Å². The van der Waals surface area contributed by atoms with Crippen LogP contribution in [-0.4, -0.2) is 49.9 Å². The van der Waals surface area contributed by atoms with E-state index in [-0.39, 0.29) is 12.3 Å². The molecule has 0 aliphatic carbocycles. The highest BCUT2D eigenvalue weighted by atomic mass is 32.1. The molecule has 1 fully saturated rings. The molecule has 2 atom stereocenters. The molecule has 1 aliphatic heterocycles. The second-order valence-corrected chi connectivity index (χ2v) is 6.15. The molecule has 0 saturated carbocycles. The molecule has 2 unspecified atom stereocenters. The van der Waals surface area contributed by atoms with Crippen molar-refractivity contribution < 1.29 is 14.7 Å². The third kappa shape index (κ3) is 3.51. The molecule has 2 aromatic heterocycles. The van der Waals surface area contributed by atoms with Crippen molar-refractivity contribution in [2.24, 2.45) is 5.92 Å². The number of rotatable bonds is 6. The topological polar surface area (TPSA) is 108 Å². The first kappa shape index (κ1) is 16.3. The lowest BCUT2D eigenvalue weighted by Gasteiger charge is -2.38. The number of carboxylic acids is 1. The average Bonchev–Trinajstić information content (AvgIpc) is 3.11. The lowest BCUT2D eigenvalue weighted by Crippen LogP contribution is -2.47. The quantitative estimate of drug-likeness (QED) is 0.813. The molecule has 9 heteroatoms. The first-order valence-corrected chi connectivity index (χ1v) is 8.52. The summed E-state index contributed by atoms with van der Waals surface area (Å²) in [6.45, 7) is 0.797. The maximum absolute atomic E-state index is 12.4. The fourth-order valence-corrected chi connectivity index (χ4v) is 3.47. The van der Waals surface area contributed by atoms with E-state index in [1.165, 1.54) is 11.3 Å². The highest BCUT2D eigenvalue weighted by Crippen LogP contribution is 2.36. The van der Waals surface area contributed by atoms with E-state index >= 15 is 0 Å². The SMILES string of the molecule is O=C(O)C1CCC(=O)N(CCNc2ncccn2)C1c1cscn1. The summed E-state index contributed by atoms with van der Waals surface area (Å²) in [6, 6.07) is 1.18. The number of carboxylic acid groups (broad SMARTS) is 1. The van der Waals surface area contributed by atoms with Crippen molar-refractivity contribution in [3.8, 4) is 0 Å². The van der Waals surface area contributed by atoms with Gasteiger partial charge in [0.25, 0.3) is 0 Å². The fraction of sp³-hybridized carbons (Fsp3) is 0.400. The first-order chi connectivity index (χ1) is 11.7. The number of nitrogens with one attached hydrogen (secondary N) is 1. The Kier molecular flexibility index (Phi) is 4.99. The minimum atomic E-state index is -0.898. The molecule has 2 aromatic rings. The number of thiazole rings is 1. The Labute approximate surface area is 142 Å². The van der Waals surface area contributed by atoms with Crippen molar-refractivity contribution in [2.45, 2.75) is 18.9 Å². The van der Waals surface area contributed by atoms with Gasteiger partial charge in [-0.1, -0.05) is 0 Å². The van der Waals surface area contributed by atoms with E-state index in [0.29, 0.717) is 31.2 Å². The van der Waals surface area contributed by atoms with Crippen LogP contribution < -0.4 is 5.32 Å². The monoisotopic (exact) mass is 347 g/mol. The molecule has 1 saturated heterocycles. The number of likely N-dealkylation sites (tertiary alicyclic amines) is 1. The molecule has 1 aliphatic rings. The van der Waals surface area contributed by atoms with Gasteiger partial charge in [-0.2, -0.15) is 0 Å². The van der Waals surface area contributed by atoms with E-state index in [0.717, 1.165) is 0 Å². The lowest BCUT2D eigenvalue weighted by molar-refractivity contribution is -0.152. The molecule has 0 spiro atoms. The largest absolute Gasteiger partial charge is 0.481 e. The number of aromatic nitrogens is 3. The Morgan fingerprint density at radius 3 is 2.83 bits per heavy atom. The molecule has 3 rings (SSSR count). The van der Waals surface area contributed by atoms with Crippen molar-refractivity contribution in [2.75, 3.05) is 18.4 Å². The second kappa shape index (κ2) is 7.35. The average molecular weight is 347 g/mol. The molecule has 1 amide bonds. The third-order valence-electron chi connectivity index (χ3n) is 3.98. The van der Waals surface area contributed by atoms with Crippen LogP contribution in [-0.2, 0) is 9.59 Å². The van der Waals surface area contributed by atoms with Crippen molar-refractivity contribution >= 4 is 29.2 Å². The van der Waals surface area contributed by atoms with Crippen molar-refractivity contribution in [3.05, 3.63) is 35.0 Å². The zero-order valence-corrected chi connectivity index (χ0v) is 13.6. The van der Waals surface area contributed by atoms with Gasteiger partial charge in [0.05, 0.1) is 23.2 Å². The molecule has 3 heterocycles. The van der Waals surface area contributed by atoms with Crippen LogP contribution in [0.4, 0.5) is 5.95 Å². The number of carbonyl (C=O) groups excluding carboxylic acids is 1. The summed E-state index contributed by atoms with van der Waals surface area (Å²) in [5.41, 5.74) is 2.29. The lowest BCUT2D eigenvalue weighted by atomic mass is 9.87. The summed E-state index contributed by atoms with van der Waals surface area (Å²) in [7, 11) is 0. The second-order valence-electron chi connectivity index (χ2n) is 5.43. The normalized spacial score (nSPS) is 20.8. The summed E-state index contributed by atoms with van der Waals surface area (Å²) in [6.07, 6.45) is 3.82.